The first kappa shape index (κ1) is 18.5. The first-order valence-electron chi connectivity index (χ1n) is 8.51. The summed E-state index contributed by atoms with van der Waals surface area (Å²) >= 11 is 1.65. The lowest BCUT2D eigenvalue weighted by Crippen LogP contribution is -2.27. The number of carbonyl (C=O) groups is 1. The van der Waals surface area contributed by atoms with Crippen LogP contribution < -0.4 is 14.2 Å². The van der Waals surface area contributed by atoms with Crippen molar-refractivity contribution in [3.63, 3.8) is 0 Å². The van der Waals surface area contributed by atoms with Crippen molar-refractivity contribution in [1.29, 1.82) is 0 Å². The number of benzene rings is 2. The molecule has 138 valence electrons. The van der Waals surface area contributed by atoms with Crippen molar-refractivity contribution in [1.82, 2.24) is 4.90 Å². The Morgan fingerprint density at radius 1 is 1.08 bits per heavy atom. The zero-order valence-corrected chi connectivity index (χ0v) is 16.0. The molecule has 5 nitrogen and oxygen atoms in total. The van der Waals surface area contributed by atoms with Gasteiger partial charge in [-0.15, -0.1) is 11.8 Å². The van der Waals surface area contributed by atoms with Gasteiger partial charge in [0.1, 0.15) is 11.1 Å². The summed E-state index contributed by atoms with van der Waals surface area (Å²) in [5, 5.41) is 0.00581. The number of thioether (sulfide) groups is 1. The molecule has 0 aliphatic carbocycles. The van der Waals surface area contributed by atoms with Crippen LogP contribution in [0.3, 0.4) is 0 Å². The zero-order valence-electron chi connectivity index (χ0n) is 15.2. The predicted octanol–water partition coefficient (Wildman–Crippen LogP) is 3.88. The number of hydrogen-bond donors (Lipinski definition) is 0. The van der Waals surface area contributed by atoms with Gasteiger partial charge in [-0.2, -0.15) is 0 Å². The average molecular weight is 373 g/mol. The van der Waals surface area contributed by atoms with Gasteiger partial charge in [-0.1, -0.05) is 18.2 Å². The van der Waals surface area contributed by atoms with E-state index in [1.165, 1.54) is 0 Å². The minimum Gasteiger partial charge on any atom is -0.494 e. The van der Waals surface area contributed by atoms with E-state index < -0.39 is 0 Å². The number of methoxy groups -OCH3 is 2. The fourth-order valence-electron chi connectivity index (χ4n) is 2.97. The highest BCUT2D eigenvalue weighted by Gasteiger charge is 2.32. The number of nitrogens with zero attached hydrogens (tertiary/aromatic N) is 1. The van der Waals surface area contributed by atoms with Gasteiger partial charge in [0.25, 0.3) is 0 Å². The summed E-state index contributed by atoms with van der Waals surface area (Å²) in [7, 11) is 3.22. The van der Waals surface area contributed by atoms with Gasteiger partial charge < -0.3 is 19.1 Å². The quantitative estimate of drug-likeness (QED) is 0.737. The van der Waals surface area contributed by atoms with Crippen molar-refractivity contribution < 1.29 is 19.0 Å². The molecule has 1 heterocycles. The third-order valence-electron chi connectivity index (χ3n) is 4.25. The van der Waals surface area contributed by atoms with Crippen LogP contribution in [-0.2, 0) is 11.3 Å². The number of rotatable bonds is 7. The first-order valence-corrected chi connectivity index (χ1v) is 9.56. The summed E-state index contributed by atoms with van der Waals surface area (Å²) < 4.78 is 16.2. The van der Waals surface area contributed by atoms with E-state index in [0.29, 0.717) is 30.4 Å². The molecule has 0 bridgehead atoms. The Balaban J connectivity index is 1.80. The number of hydrogen-bond acceptors (Lipinski definition) is 5. The summed E-state index contributed by atoms with van der Waals surface area (Å²) in [6.45, 7) is 3.13. The molecule has 0 saturated carbocycles. The Bertz CT molecular complexity index is 763. The Labute approximate surface area is 158 Å². The molecule has 0 spiro atoms. The van der Waals surface area contributed by atoms with E-state index in [-0.39, 0.29) is 11.3 Å². The van der Waals surface area contributed by atoms with E-state index in [1.54, 1.807) is 26.0 Å². The molecule has 1 aliphatic rings. The van der Waals surface area contributed by atoms with Crippen molar-refractivity contribution >= 4 is 17.7 Å². The molecule has 0 aromatic heterocycles. The van der Waals surface area contributed by atoms with Gasteiger partial charge in [0, 0.05) is 6.54 Å². The standard InChI is InChI=1S/C20H23NO4S/c1-4-25-16-8-6-15(7-9-16)20-21(19(22)13-26-20)12-14-5-10-17(23-2)18(11-14)24-3/h5-11,20H,4,12-13H2,1-3H3. The molecule has 26 heavy (non-hydrogen) atoms. The molecule has 1 atom stereocenters. The molecule has 0 N–H and O–H groups in total. The highest BCUT2D eigenvalue weighted by Crippen LogP contribution is 2.40. The van der Waals surface area contributed by atoms with E-state index >= 15 is 0 Å². The van der Waals surface area contributed by atoms with Crippen molar-refractivity contribution in [2.45, 2.75) is 18.8 Å². The molecule has 2 aromatic carbocycles. The molecule has 1 fully saturated rings. The van der Waals surface area contributed by atoms with Gasteiger partial charge in [0.05, 0.1) is 26.6 Å². The summed E-state index contributed by atoms with van der Waals surface area (Å²) in [6.07, 6.45) is 0. The fourth-order valence-corrected chi connectivity index (χ4v) is 4.16. The summed E-state index contributed by atoms with van der Waals surface area (Å²) in [6, 6.07) is 13.7. The highest BCUT2D eigenvalue weighted by molar-refractivity contribution is 8.00. The molecule has 1 unspecified atom stereocenters. The Morgan fingerprint density at radius 2 is 1.81 bits per heavy atom. The van der Waals surface area contributed by atoms with Crippen LogP contribution in [0.4, 0.5) is 0 Å². The summed E-state index contributed by atoms with van der Waals surface area (Å²) in [5.74, 6) is 2.83. The average Bonchev–Trinajstić information content (AvgIpc) is 3.03. The Kier molecular flexibility index (Phi) is 5.93. The minimum atomic E-state index is 0.00581. The van der Waals surface area contributed by atoms with Crippen LogP contribution in [0.2, 0.25) is 0 Å². The third-order valence-corrected chi connectivity index (χ3v) is 5.50. The number of carbonyl (C=O) groups excluding carboxylic acids is 1. The second-order valence-electron chi connectivity index (χ2n) is 5.88. The third kappa shape index (κ3) is 3.90. The van der Waals surface area contributed by atoms with Crippen LogP contribution in [0.25, 0.3) is 0 Å². The van der Waals surface area contributed by atoms with Gasteiger partial charge in [0.15, 0.2) is 11.5 Å². The molecular formula is C20H23NO4S. The lowest BCUT2D eigenvalue weighted by Gasteiger charge is -2.25. The van der Waals surface area contributed by atoms with E-state index in [9.17, 15) is 4.79 Å². The van der Waals surface area contributed by atoms with Crippen molar-refractivity contribution in [2.24, 2.45) is 0 Å². The lowest BCUT2D eigenvalue weighted by molar-refractivity contribution is -0.128. The Morgan fingerprint density at radius 3 is 2.46 bits per heavy atom. The summed E-state index contributed by atoms with van der Waals surface area (Å²) in [4.78, 5) is 14.3. The molecular weight excluding hydrogens is 350 g/mol. The second kappa shape index (κ2) is 8.36. The molecule has 0 radical (unpaired) electrons. The summed E-state index contributed by atoms with van der Waals surface area (Å²) in [5.41, 5.74) is 2.11. The van der Waals surface area contributed by atoms with Gasteiger partial charge in [-0.25, -0.2) is 0 Å². The highest BCUT2D eigenvalue weighted by atomic mass is 32.2. The van der Waals surface area contributed by atoms with Gasteiger partial charge in [-0.05, 0) is 42.3 Å². The monoisotopic (exact) mass is 373 g/mol. The van der Waals surface area contributed by atoms with Gasteiger partial charge in [-0.3, -0.25) is 4.79 Å². The van der Waals surface area contributed by atoms with Crippen LogP contribution in [0.5, 0.6) is 17.2 Å². The molecule has 1 aliphatic heterocycles. The molecule has 1 amide bonds. The van der Waals surface area contributed by atoms with Crippen molar-refractivity contribution in [3.8, 4) is 17.2 Å². The largest absolute Gasteiger partial charge is 0.494 e. The van der Waals surface area contributed by atoms with Crippen LogP contribution in [-0.4, -0.2) is 37.4 Å². The van der Waals surface area contributed by atoms with Crippen LogP contribution in [0.15, 0.2) is 42.5 Å². The number of ether oxygens (including phenoxy) is 3. The first-order chi connectivity index (χ1) is 12.7. The molecule has 1 saturated heterocycles. The van der Waals surface area contributed by atoms with Crippen molar-refractivity contribution in [3.05, 3.63) is 53.6 Å². The number of amides is 1. The molecule has 6 heteroatoms. The lowest BCUT2D eigenvalue weighted by atomic mass is 10.1. The van der Waals surface area contributed by atoms with E-state index in [4.69, 9.17) is 14.2 Å². The molecule has 2 aromatic rings. The van der Waals surface area contributed by atoms with E-state index in [2.05, 4.69) is 0 Å². The van der Waals surface area contributed by atoms with Crippen LogP contribution >= 0.6 is 11.8 Å². The van der Waals surface area contributed by atoms with Gasteiger partial charge >= 0.3 is 0 Å². The van der Waals surface area contributed by atoms with Crippen LogP contribution in [0, 0.1) is 0 Å². The van der Waals surface area contributed by atoms with E-state index in [1.807, 2.05) is 54.3 Å². The Hall–Kier alpha value is -2.34. The maximum absolute atomic E-state index is 12.4. The maximum atomic E-state index is 12.4. The normalized spacial score (nSPS) is 16.7. The topological polar surface area (TPSA) is 48.0 Å². The smallest absolute Gasteiger partial charge is 0.234 e. The maximum Gasteiger partial charge on any atom is 0.234 e. The second-order valence-corrected chi connectivity index (χ2v) is 6.94. The minimum absolute atomic E-state index is 0.00581. The van der Waals surface area contributed by atoms with Crippen LogP contribution in [0.1, 0.15) is 23.4 Å². The zero-order chi connectivity index (χ0) is 18.5. The van der Waals surface area contributed by atoms with E-state index in [0.717, 1.165) is 16.9 Å². The van der Waals surface area contributed by atoms with Crippen molar-refractivity contribution in [2.75, 3.05) is 26.6 Å². The predicted molar refractivity (Wildman–Crippen MR) is 103 cm³/mol. The molecule has 3 rings (SSSR count). The SMILES string of the molecule is CCOc1ccc(C2SCC(=O)N2Cc2ccc(OC)c(OC)c2)cc1. The fraction of sp³-hybridized carbons (Fsp3) is 0.350. The van der Waals surface area contributed by atoms with Gasteiger partial charge in [0.2, 0.25) is 5.91 Å².